The molecule has 1 heterocycles. The first-order valence-electron chi connectivity index (χ1n) is 5.37. The van der Waals surface area contributed by atoms with Crippen LogP contribution in [-0.4, -0.2) is 22.7 Å². The lowest BCUT2D eigenvalue weighted by Gasteiger charge is -2.17. The van der Waals surface area contributed by atoms with Crippen LogP contribution in [0, 0.1) is 12.8 Å². The van der Waals surface area contributed by atoms with E-state index < -0.39 is 0 Å². The SMILES string of the molecule is Cc1csc(CNC(CO)CC(C)C)n1. The van der Waals surface area contributed by atoms with Crippen LogP contribution in [0.4, 0.5) is 0 Å². The number of thiazole rings is 1. The number of aliphatic hydroxyl groups excluding tert-OH is 1. The van der Waals surface area contributed by atoms with Crippen molar-refractivity contribution in [1.82, 2.24) is 10.3 Å². The van der Waals surface area contributed by atoms with Crippen molar-refractivity contribution in [2.45, 2.75) is 39.8 Å². The first-order chi connectivity index (χ1) is 7.11. The van der Waals surface area contributed by atoms with Crippen LogP contribution in [0.3, 0.4) is 0 Å². The Morgan fingerprint density at radius 3 is 2.73 bits per heavy atom. The molecule has 3 nitrogen and oxygen atoms in total. The van der Waals surface area contributed by atoms with E-state index in [-0.39, 0.29) is 12.6 Å². The van der Waals surface area contributed by atoms with Gasteiger partial charge in [-0.25, -0.2) is 4.98 Å². The highest BCUT2D eigenvalue weighted by molar-refractivity contribution is 7.09. The molecule has 0 saturated heterocycles. The Hall–Kier alpha value is -0.450. The second-order valence-corrected chi connectivity index (χ2v) is 5.22. The predicted molar refractivity (Wildman–Crippen MR) is 64.0 cm³/mol. The Morgan fingerprint density at radius 2 is 2.27 bits per heavy atom. The predicted octanol–water partition coefficient (Wildman–Crippen LogP) is 1.95. The van der Waals surface area contributed by atoms with Crippen LogP contribution in [0.2, 0.25) is 0 Å². The van der Waals surface area contributed by atoms with Crippen molar-refractivity contribution in [3.05, 3.63) is 16.1 Å². The molecule has 0 bridgehead atoms. The van der Waals surface area contributed by atoms with Crippen LogP contribution in [0.15, 0.2) is 5.38 Å². The fraction of sp³-hybridized carbons (Fsp3) is 0.727. The highest BCUT2D eigenvalue weighted by Crippen LogP contribution is 2.10. The lowest BCUT2D eigenvalue weighted by atomic mass is 10.0. The normalized spacial score (nSPS) is 13.4. The standard InChI is InChI=1S/C11H20N2OS/c1-8(2)4-10(6-14)12-5-11-13-9(3)7-15-11/h7-8,10,12,14H,4-6H2,1-3H3. The van der Waals surface area contributed by atoms with Crippen LogP contribution in [-0.2, 0) is 6.54 Å². The van der Waals surface area contributed by atoms with Gasteiger partial charge in [0.2, 0.25) is 0 Å². The summed E-state index contributed by atoms with van der Waals surface area (Å²) in [6, 6.07) is 0.189. The molecule has 0 amide bonds. The summed E-state index contributed by atoms with van der Waals surface area (Å²) in [6.07, 6.45) is 1.00. The van der Waals surface area contributed by atoms with Gasteiger partial charge in [-0.3, -0.25) is 0 Å². The second-order valence-electron chi connectivity index (χ2n) is 4.27. The van der Waals surface area contributed by atoms with E-state index in [1.54, 1.807) is 11.3 Å². The molecule has 0 fully saturated rings. The lowest BCUT2D eigenvalue weighted by Crippen LogP contribution is -2.33. The lowest BCUT2D eigenvalue weighted by molar-refractivity contribution is 0.223. The molecule has 1 rings (SSSR count). The summed E-state index contributed by atoms with van der Waals surface area (Å²) < 4.78 is 0. The summed E-state index contributed by atoms with van der Waals surface area (Å²) in [5.74, 6) is 0.604. The minimum absolute atomic E-state index is 0.189. The minimum atomic E-state index is 0.189. The van der Waals surface area contributed by atoms with Crippen molar-refractivity contribution in [2.24, 2.45) is 5.92 Å². The number of nitrogens with one attached hydrogen (secondary N) is 1. The molecule has 1 atom stereocenters. The Bertz CT molecular complexity index is 286. The van der Waals surface area contributed by atoms with E-state index in [1.165, 1.54) is 0 Å². The maximum absolute atomic E-state index is 9.18. The summed E-state index contributed by atoms with van der Waals surface area (Å²) in [5.41, 5.74) is 1.07. The number of nitrogens with zero attached hydrogens (tertiary/aromatic N) is 1. The maximum Gasteiger partial charge on any atom is 0.107 e. The van der Waals surface area contributed by atoms with Gasteiger partial charge in [0.15, 0.2) is 0 Å². The van der Waals surface area contributed by atoms with Gasteiger partial charge in [-0.2, -0.15) is 0 Å². The number of hydrogen-bond acceptors (Lipinski definition) is 4. The number of aliphatic hydroxyl groups is 1. The average molecular weight is 228 g/mol. The maximum atomic E-state index is 9.18. The number of rotatable bonds is 6. The fourth-order valence-corrected chi connectivity index (χ4v) is 2.23. The van der Waals surface area contributed by atoms with Crippen LogP contribution in [0.1, 0.15) is 31.0 Å². The monoisotopic (exact) mass is 228 g/mol. The van der Waals surface area contributed by atoms with Crippen molar-refractivity contribution < 1.29 is 5.11 Å². The molecule has 1 aromatic rings. The topological polar surface area (TPSA) is 45.1 Å². The highest BCUT2D eigenvalue weighted by Gasteiger charge is 2.09. The molecule has 86 valence electrons. The Labute approximate surface area is 95.6 Å². The molecular weight excluding hydrogens is 208 g/mol. The Morgan fingerprint density at radius 1 is 1.53 bits per heavy atom. The fourth-order valence-electron chi connectivity index (χ4n) is 1.51. The molecule has 15 heavy (non-hydrogen) atoms. The zero-order valence-electron chi connectivity index (χ0n) is 9.66. The van der Waals surface area contributed by atoms with E-state index in [1.807, 2.05) is 12.3 Å². The summed E-state index contributed by atoms with van der Waals surface area (Å²) in [7, 11) is 0. The Kier molecular flexibility index (Phi) is 5.22. The molecule has 0 saturated carbocycles. The number of hydrogen-bond donors (Lipinski definition) is 2. The smallest absolute Gasteiger partial charge is 0.107 e. The van der Waals surface area contributed by atoms with Gasteiger partial charge >= 0.3 is 0 Å². The number of aryl methyl sites for hydroxylation is 1. The molecule has 0 spiro atoms. The van der Waals surface area contributed by atoms with Gasteiger partial charge in [0.1, 0.15) is 5.01 Å². The zero-order valence-corrected chi connectivity index (χ0v) is 10.5. The van der Waals surface area contributed by atoms with Crippen molar-refractivity contribution >= 4 is 11.3 Å². The van der Waals surface area contributed by atoms with E-state index >= 15 is 0 Å². The van der Waals surface area contributed by atoms with Crippen molar-refractivity contribution in [2.75, 3.05) is 6.61 Å². The molecule has 0 radical (unpaired) electrons. The van der Waals surface area contributed by atoms with E-state index in [9.17, 15) is 5.11 Å². The van der Waals surface area contributed by atoms with Gasteiger partial charge in [0.25, 0.3) is 0 Å². The van der Waals surface area contributed by atoms with Gasteiger partial charge in [-0.05, 0) is 19.3 Å². The first-order valence-corrected chi connectivity index (χ1v) is 6.25. The van der Waals surface area contributed by atoms with E-state index in [0.29, 0.717) is 5.92 Å². The number of aromatic nitrogens is 1. The summed E-state index contributed by atoms with van der Waals surface area (Å²) in [4.78, 5) is 4.37. The Balaban J connectivity index is 2.34. The molecule has 0 aliphatic rings. The minimum Gasteiger partial charge on any atom is -0.395 e. The quantitative estimate of drug-likeness (QED) is 0.782. The van der Waals surface area contributed by atoms with Crippen LogP contribution in [0.25, 0.3) is 0 Å². The average Bonchev–Trinajstić information content (AvgIpc) is 2.58. The van der Waals surface area contributed by atoms with Gasteiger partial charge in [-0.15, -0.1) is 11.3 Å². The van der Waals surface area contributed by atoms with Gasteiger partial charge < -0.3 is 10.4 Å². The van der Waals surface area contributed by atoms with Crippen molar-refractivity contribution in [1.29, 1.82) is 0 Å². The molecule has 4 heteroatoms. The van der Waals surface area contributed by atoms with Gasteiger partial charge in [-0.1, -0.05) is 13.8 Å². The highest BCUT2D eigenvalue weighted by atomic mass is 32.1. The third-order valence-electron chi connectivity index (χ3n) is 2.18. The summed E-state index contributed by atoms with van der Waals surface area (Å²) in [5, 5.41) is 15.6. The zero-order chi connectivity index (χ0) is 11.3. The van der Waals surface area contributed by atoms with E-state index in [2.05, 4.69) is 24.1 Å². The third kappa shape index (κ3) is 4.73. The van der Waals surface area contributed by atoms with Crippen molar-refractivity contribution in [3.8, 4) is 0 Å². The van der Waals surface area contributed by atoms with Crippen LogP contribution >= 0.6 is 11.3 Å². The molecule has 0 aromatic carbocycles. The van der Waals surface area contributed by atoms with Gasteiger partial charge in [0.05, 0.1) is 6.61 Å². The third-order valence-corrected chi connectivity index (χ3v) is 3.15. The van der Waals surface area contributed by atoms with Gasteiger partial charge in [0, 0.05) is 23.7 Å². The van der Waals surface area contributed by atoms with E-state index in [4.69, 9.17) is 0 Å². The second kappa shape index (κ2) is 6.20. The largest absolute Gasteiger partial charge is 0.395 e. The molecule has 1 unspecified atom stereocenters. The molecule has 0 aliphatic heterocycles. The van der Waals surface area contributed by atoms with Crippen LogP contribution < -0.4 is 5.32 Å². The van der Waals surface area contributed by atoms with E-state index in [0.717, 1.165) is 23.7 Å². The molecule has 0 aliphatic carbocycles. The van der Waals surface area contributed by atoms with Crippen LogP contribution in [0.5, 0.6) is 0 Å². The van der Waals surface area contributed by atoms with Crippen molar-refractivity contribution in [3.63, 3.8) is 0 Å². The molecule has 1 aromatic heterocycles. The first kappa shape index (κ1) is 12.6. The molecular formula is C11H20N2OS. The molecule has 2 N–H and O–H groups in total. The summed E-state index contributed by atoms with van der Waals surface area (Å²) in [6.45, 7) is 7.28. The summed E-state index contributed by atoms with van der Waals surface area (Å²) >= 11 is 1.67.